The first kappa shape index (κ1) is 16.4. The second kappa shape index (κ2) is 5.79. The van der Waals surface area contributed by atoms with Gasteiger partial charge in [0.05, 0.1) is 5.69 Å². The first-order valence-electron chi connectivity index (χ1n) is 6.30. The molecule has 1 aromatic heterocycles. The molecule has 19 heavy (non-hydrogen) atoms. The number of alkyl halides is 3. The zero-order chi connectivity index (χ0) is 14.8. The number of halogens is 3. The topological polar surface area (TPSA) is 24.9 Å². The maximum Gasteiger partial charge on any atom is 0.443 e. The van der Waals surface area contributed by atoms with E-state index in [2.05, 4.69) is 10.3 Å². The summed E-state index contributed by atoms with van der Waals surface area (Å²) in [5.41, 5.74) is 0.446. The molecule has 0 saturated heterocycles. The molecule has 1 rings (SSSR count). The SMILES string of the molecule is CC(C)Cc1nc(C(F)(F)F)sc1CNC(C)(C)C. The van der Waals surface area contributed by atoms with E-state index in [4.69, 9.17) is 0 Å². The van der Waals surface area contributed by atoms with E-state index in [0.29, 0.717) is 23.5 Å². The molecule has 0 unspecified atom stereocenters. The predicted molar refractivity (Wildman–Crippen MR) is 72.3 cm³/mol. The Morgan fingerprint density at radius 3 is 2.21 bits per heavy atom. The summed E-state index contributed by atoms with van der Waals surface area (Å²) in [6.45, 7) is 10.4. The minimum absolute atomic E-state index is 0.127. The Bertz CT molecular complexity index is 417. The van der Waals surface area contributed by atoms with E-state index in [1.165, 1.54) is 0 Å². The number of nitrogens with one attached hydrogen (secondary N) is 1. The van der Waals surface area contributed by atoms with Crippen LogP contribution in [0.15, 0.2) is 0 Å². The third-order valence-corrected chi connectivity index (χ3v) is 3.54. The van der Waals surface area contributed by atoms with Gasteiger partial charge < -0.3 is 5.32 Å². The standard InChI is InChI=1S/C13H21F3N2S/c1-8(2)6-9-10(7-17-12(3,4)5)19-11(18-9)13(14,15)16/h8,17H,6-7H2,1-5H3. The second-order valence-electron chi connectivity index (χ2n) is 6.09. The summed E-state index contributed by atoms with van der Waals surface area (Å²) < 4.78 is 38.2. The van der Waals surface area contributed by atoms with Crippen LogP contribution in [0.1, 0.15) is 50.2 Å². The Labute approximate surface area is 116 Å². The molecule has 0 aliphatic heterocycles. The number of nitrogens with zero attached hydrogens (tertiary/aromatic N) is 1. The fourth-order valence-electron chi connectivity index (χ4n) is 1.53. The van der Waals surface area contributed by atoms with Gasteiger partial charge in [0.1, 0.15) is 0 Å². The van der Waals surface area contributed by atoms with Crippen molar-refractivity contribution < 1.29 is 13.2 Å². The monoisotopic (exact) mass is 294 g/mol. The van der Waals surface area contributed by atoms with E-state index in [-0.39, 0.29) is 11.5 Å². The van der Waals surface area contributed by atoms with Crippen molar-refractivity contribution in [3.8, 4) is 0 Å². The van der Waals surface area contributed by atoms with Gasteiger partial charge in [-0.1, -0.05) is 13.8 Å². The number of hydrogen-bond acceptors (Lipinski definition) is 3. The van der Waals surface area contributed by atoms with Crippen LogP contribution in [0, 0.1) is 5.92 Å². The zero-order valence-electron chi connectivity index (χ0n) is 12.0. The van der Waals surface area contributed by atoms with Crippen molar-refractivity contribution in [2.75, 3.05) is 0 Å². The maximum absolute atomic E-state index is 12.7. The maximum atomic E-state index is 12.7. The lowest BCUT2D eigenvalue weighted by Crippen LogP contribution is -2.35. The minimum Gasteiger partial charge on any atom is -0.307 e. The molecule has 0 aliphatic carbocycles. The molecule has 0 aromatic carbocycles. The average molecular weight is 294 g/mol. The molecule has 1 N–H and O–H groups in total. The van der Waals surface area contributed by atoms with Crippen LogP contribution in [0.25, 0.3) is 0 Å². The molecule has 1 heterocycles. The molecule has 0 radical (unpaired) electrons. The first-order chi connectivity index (χ1) is 8.49. The predicted octanol–water partition coefficient (Wildman–Crippen LogP) is 4.25. The summed E-state index contributed by atoms with van der Waals surface area (Å²) >= 11 is 0.751. The Morgan fingerprint density at radius 1 is 1.21 bits per heavy atom. The van der Waals surface area contributed by atoms with Crippen molar-refractivity contribution in [1.82, 2.24) is 10.3 Å². The van der Waals surface area contributed by atoms with Gasteiger partial charge in [0.2, 0.25) is 0 Å². The van der Waals surface area contributed by atoms with Gasteiger partial charge in [-0.25, -0.2) is 4.98 Å². The largest absolute Gasteiger partial charge is 0.443 e. The van der Waals surface area contributed by atoms with E-state index in [9.17, 15) is 13.2 Å². The first-order valence-corrected chi connectivity index (χ1v) is 7.11. The summed E-state index contributed by atoms with van der Waals surface area (Å²) in [5.74, 6) is 0.288. The van der Waals surface area contributed by atoms with Gasteiger partial charge in [-0.2, -0.15) is 13.2 Å². The Hall–Kier alpha value is -0.620. The smallest absolute Gasteiger partial charge is 0.307 e. The summed E-state index contributed by atoms with van der Waals surface area (Å²) in [7, 11) is 0. The Balaban J connectivity index is 2.96. The minimum atomic E-state index is -4.35. The quantitative estimate of drug-likeness (QED) is 0.898. The highest BCUT2D eigenvalue weighted by atomic mass is 32.1. The fourth-order valence-corrected chi connectivity index (χ4v) is 2.43. The molecule has 0 fully saturated rings. The van der Waals surface area contributed by atoms with Gasteiger partial charge in [0.15, 0.2) is 5.01 Å². The Kier molecular flexibility index (Phi) is 5.01. The molecule has 2 nitrogen and oxygen atoms in total. The number of thiazole rings is 1. The van der Waals surface area contributed by atoms with E-state index in [1.807, 2.05) is 34.6 Å². The number of aromatic nitrogens is 1. The van der Waals surface area contributed by atoms with Crippen LogP contribution < -0.4 is 5.32 Å². The third kappa shape index (κ3) is 5.48. The number of rotatable bonds is 4. The summed E-state index contributed by atoms with van der Waals surface area (Å²) in [6.07, 6.45) is -3.77. The molecule has 0 bridgehead atoms. The summed E-state index contributed by atoms with van der Waals surface area (Å²) in [4.78, 5) is 4.47. The normalized spacial score (nSPS) is 13.3. The van der Waals surface area contributed by atoms with Gasteiger partial charge in [0, 0.05) is 17.0 Å². The van der Waals surface area contributed by atoms with Crippen LogP contribution in [0.3, 0.4) is 0 Å². The lowest BCUT2D eigenvalue weighted by molar-refractivity contribution is -0.137. The summed E-state index contributed by atoms with van der Waals surface area (Å²) in [5, 5.41) is 2.48. The van der Waals surface area contributed by atoms with Crippen LogP contribution in [0.2, 0.25) is 0 Å². The van der Waals surface area contributed by atoms with Crippen LogP contribution in [-0.4, -0.2) is 10.5 Å². The van der Waals surface area contributed by atoms with Crippen molar-refractivity contribution >= 4 is 11.3 Å². The summed E-state index contributed by atoms with van der Waals surface area (Å²) in [6, 6.07) is 0. The molecule has 0 atom stereocenters. The molecular weight excluding hydrogens is 273 g/mol. The number of hydrogen-bond donors (Lipinski definition) is 1. The molecule has 0 saturated carbocycles. The molecule has 110 valence electrons. The van der Waals surface area contributed by atoms with E-state index < -0.39 is 11.2 Å². The molecule has 6 heteroatoms. The van der Waals surface area contributed by atoms with Crippen molar-refractivity contribution in [1.29, 1.82) is 0 Å². The fraction of sp³-hybridized carbons (Fsp3) is 0.769. The van der Waals surface area contributed by atoms with E-state index >= 15 is 0 Å². The lowest BCUT2D eigenvalue weighted by Gasteiger charge is -2.20. The highest BCUT2D eigenvalue weighted by Crippen LogP contribution is 2.35. The third-order valence-electron chi connectivity index (χ3n) is 2.40. The molecule has 0 amide bonds. The zero-order valence-corrected chi connectivity index (χ0v) is 12.8. The van der Waals surface area contributed by atoms with E-state index in [1.54, 1.807) is 0 Å². The second-order valence-corrected chi connectivity index (χ2v) is 7.17. The van der Waals surface area contributed by atoms with Gasteiger partial charge in [-0.05, 0) is 33.1 Å². The van der Waals surface area contributed by atoms with Crippen LogP contribution in [0.4, 0.5) is 13.2 Å². The van der Waals surface area contributed by atoms with Crippen molar-refractivity contribution in [2.24, 2.45) is 5.92 Å². The van der Waals surface area contributed by atoms with Crippen LogP contribution >= 0.6 is 11.3 Å². The van der Waals surface area contributed by atoms with Crippen LogP contribution in [-0.2, 0) is 19.1 Å². The highest BCUT2D eigenvalue weighted by molar-refractivity contribution is 7.11. The van der Waals surface area contributed by atoms with Crippen molar-refractivity contribution in [3.63, 3.8) is 0 Å². The van der Waals surface area contributed by atoms with Gasteiger partial charge in [0.25, 0.3) is 0 Å². The van der Waals surface area contributed by atoms with Gasteiger partial charge >= 0.3 is 6.18 Å². The van der Waals surface area contributed by atoms with Crippen LogP contribution in [0.5, 0.6) is 0 Å². The molecular formula is C13H21F3N2S. The van der Waals surface area contributed by atoms with Gasteiger partial charge in [-0.15, -0.1) is 11.3 Å². The Morgan fingerprint density at radius 2 is 1.79 bits per heavy atom. The van der Waals surface area contributed by atoms with Crippen molar-refractivity contribution in [2.45, 2.75) is 59.3 Å². The van der Waals surface area contributed by atoms with Crippen molar-refractivity contribution in [3.05, 3.63) is 15.6 Å². The molecule has 1 aromatic rings. The average Bonchev–Trinajstić information content (AvgIpc) is 2.55. The molecule has 0 spiro atoms. The van der Waals surface area contributed by atoms with E-state index in [0.717, 1.165) is 11.3 Å². The highest BCUT2D eigenvalue weighted by Gasteiger charge is 2.36. The molecule has 0 aliphatic rings. The van der Waals surface area contributed by atoms with Gasteiger partial charge in [-0.3, -0.25) is 0 Å². The lowest BCUT2D eigenvalue weighted by atomic mass is 10.1.